The predicted molar refractivity (Wildman–Crippen MR) is 85.6 cm³/mol. The molecule has 2 rings (SSSR count). The lowest BCUT2D eigenvalue weighted by Gasteiger charge is -2.20. The Hall–Kier alpha value is -1.81. The van der Waals surface area contributed by atoms with Crippen molar-refractivity contribution in [2.75, 3.05) is 13.7 Å². The molecule has 1 unspecified atom stereocenters. The van der Waals surface area contributed by atoms with E-state index < -0.39 is 0 Å². The average molecular weight is 287 g/mol. The van der Waals surface area contributed by atoms with E-state index in [-0.39, 0.29) is 6.04 Å². The van der Waals surface area contributed by atoms with E-state index >= 15 is 0 Å². The summed E-state index contributed by atoms with van der Waals surface area (Å²) in [4.78, 5) is 0. The Kier molecular flexibility index (Phi) is 5.81. The highest BCUT2D eigenvalue weighted by Gasteiger charge is 2.17. The molecule has 1 atom stereocenters. The van der Waals surface area contributed by atoms with E-state index in [0.29, 0.717) is 0 Å². The molecule has 21 heavy (non-hydrogen) atoms. The van der Waals surface area contributed by atoms with Crippen molar-refractivity contribution in [3.05, 3.63) is 47.8 Å². The fourth-order valence-electron chi connectivity index (χ4n) is 2.46. The number of nitrogens with one attached hydrogen (secondary N) is 1. The van der Waals surface area contributed by atoms with Crippen LogP contribution in [0, 0.1) is 0 Å². The maximum atomic E-state index is 5.25. The van der Waals surface area contributed by atoms with Crippen LogP contribution in [0.3, 0.4) is 0 Å². The summed E-state index contributed by atoms with van der Waals surface area (Å²) >= 11 is 0. The minimum atomic E-state index is 0.171. The van der Waals surface area contributed by atoms with Crippen molar-refractivity contribution >= 4 is 0 Å². The molecule has 0 fully saturated rings. The number of nitrogens with zero attached hydrogens (tertiary/aromatic N) is 2. The third-order valence-electron chi connectivity index (χ3n) is 3.53. The average Bonchev–Trinajstić information content (AvgIpc) is 2.97. The summed E-state index contributed by atoms with van der Waals surface area (Å²) in [7, 11) is 1.69. The van der Waals surface area contributed by atoms with Gasteiger partial charge in [0, 0.05) is 12.7 Å². The standard InChI is InChI=1S/C17H25N3O/c1-4-11-18-17(14-6-8-15(21-3)9-7-14)16-10-12-19-20(16)13-5-2/h6-10,12,17-18H,4-5,11,13H2,1-3H3. The highest BCUT2D eigenvalue weighted by Crippen LogP contribution is 2.24. The molecule has 2 aromatic rings. The molecule has 0 saturated heterocycles. The van der Waals surface area contributed by atoms with Gasteiger partial charge in [0.25, 0.3) is 0 Å². The first kappa shape index (κ1) is 15.6. The molecule has 4 heteroatoms. The molecule has 0 aliphatic heterocycles. The van der Waals surface area contributed by atoms with Crippen LogP contribution in [-0.2, 0) is 6.54 Å². The van der Waals surface area contributed by atoms with Crippen LogP contribution in [-0.4, -0.2) is 23.4 Å². The molecule has 1 aromatic carbocycles. The van der Waals surface area contributed by atoms with Crippen molar-refractivity contribution in [3.8, 4) is 5.75 Å². The normalized spacial score (nSPS) is 12.3. The number of rotatable bonds is 8. The molecule has 0 saturated carbocycles. The van der Waals surface area contributed by atoms with Gasteiger partial charge in [0.2, 0.25) is 0 Å². The Balaban J connectivity index is 2.29. The van der Waals surface area contributed by atoms with Crippen LogP contribution < -0.4 is 10.1 Å². The van der Waals surface area contributed by atoms with Gasteiger partial charge in [-0.15, -0.1) is 0 Å². The quantitative estimate of drug-likeness (QED) is 0.809. The van der Waals surface area contributed by atoms with E-state index in [1.807, 2.05) is 18.3 Å². The lowest BCUT2D eigenvalue weighted by atomic mass is 10.0. The van der Waals surface area contributed by atoms with Gasteiger partial charge in [0.15, 0.2) is 0 Å². The molecular formula is C17H25N3O. The SMILES string of the molecule is CCCNC(c1ccc(OC)cc1)c1ccnn1CCC. The molecular weight excluding hydrogens is 262 g/mol. The number of aromatic nitrogens is 2. The Bertz CT molecular complexity index is 533. The van der Waals surface area contributed by atoms with Crippen molar-refractivity contribution in [1.29, 1.82) is 0 Å². The van der Waals surface area contributed by atoms with Gasteiger partial charge in [-0.1, -0.05) is 26.0 Å². The van der Waals surface area contributed by atoms with Crippen molar-refractivity contribution in [3.63, 3.8) is 0 Å². The van der Waals surface area contributed by atoms with Crippen LogP contribution in [0.4, 0.5) is 0 Å². The topological polar surface area (TPSA) is 39.1 Å². The van der Waals surface area contributed by atoms with Crippen LogP contribution in [0.25, 0.3) is 0 Å². The van der Waals surface area contributed by atoms with E-state index in [2.05, 4.69) is 47.1 Å². The van der Waals surface area contributed by atoms with Crippen molar-refractivity contribution in [2.24, 2.45) is 0 Å². The number of benzene rings is 1. The summed E-state index contributed by atoms with van der Waals surface area (Å²) in [6.45, 7) is 6.28. The molecule has 0 amide bonds. The fraction of sp³-hybridized carbons (Fsp3) is 0.471. The second-order valence-electron chi connectivity index (χ2n) is 5.14. The van der Waals surface area contributed by atoms with Crippen molar-refractivity contribution in [2.45, 2.75) is 39.3 Å². The van der Waals surface area contributed by atoms with Crippen LogP contribution in [0.2, 0.25) is 0 Å². The van der Waals surface area contributed by atoms with Gasteiger partial charge < -0.3 is 10.1 Å². The largest absolute Gasteiger partial charge is 0.497 e. The van der Waals surface area contributed by atoms with E-state index in [0.717, 1.165) is 31.7 Å². The van der Waals surface area contributed by atoms with Crippen LogP contribution in [0.15, 0.2) is 36.5 Å². The minimum Gasteiger partial charge on any atom is -0.497 e. The maximum absolute atomic E-state index is 5.25. The van der Waals surface area contributed by atoms with Gasteiger partial charge >= 0.3 is 0 Å². The zero-order chi connectivity index (χ0) is 15.1. The van der Waals surface area contributed by atoms with Gasteiger partial charge in [-0.3, -0.25) is 4.68 Å². The minimum absolute atomic E-state index is 0.171. The smallest absolute Gasteiger partial charge is 0.118 e. The third kappa shape index (κ3) is 3.85. The number of hydrogen-bond donors (Lipinski definition) is 1. The molecule has 0 bridgehead atoms. The maximum Gasteiger partial charge on any atom is 0.118 e. The zero-order valence-corrected chi connectivity index (χ0v) is 13.2. The summed E-state index contributed by atoms with van der Waals surface area (Å²) < 4.78 is 7.34. The first-order chi connectivity index (χ1) is 10.3. The molecule has 4 nitrogen and oxygen atoms in total. The monoisotopic (exact) mass is 287 g/mol. The molecule has 0 spiro atoms. The highest BCUT2D eigenvalue weighted by molar-refractivity contribution is 5.33. The van der Waals surface area contributed by atoms with Crippen molar-refractivity contribution in [1.82, 2.24) is 15.1 Å². The van der Waals surface area contributed by atoms with Gasteiger partial charge in [0.1, 0.15) is 5.75 Å². The molecule has 0 aliphatic carbocycles. The summed E-state index contributed by atoms with van der Waals surface area (Å²) in [6.07, 6.45) is 4.07. The first-order valence-electron chi connectivity index (χ1n) is 7.69. The fourth-order valence-corrected chi connectivity index (χ4v) is 2.46. The zero-order valence-electron chi connectivity index (χ0n) is 13.2. The van der Waals surface area contributed by atoms with Gasteiger partial charge in [-0.05, 0) is 43.1 Å². The Morgan fingerprint density at radius 2 is 1.90 bits per heavy atom. The Labute approximate surface area is 127 Å². The highest BCUT2D eigenvalue weighted by atomic mass is 16.5. The second kappa shape index (κ2) is 7.84. The molecule has 1 aromatic heterocycles. The van der Waals surface area contributed by atoms with Crippen LogP contribution in [0.5, 0.6) is 5.75 Å². The number of aryl methyl sites for hydroxylation is 1. The summed E-state index contributed by atoms with van der Waals surface area (Å²) in [6, 6.07) is 10.5. The lowest BCUT2D eigenvalue weighted by molar-refractivity contribution is 0.414. The molecule has 0 aliphatic rings. The van der Waals surface area contributed by atoms with E-state index in [1.165, 1.54) is 11.3 Å². The summed E-state index contributed by atoms with van der Waals surface area (Å²) in [5.41, 5.74) is 2.46. The Morgan fingerprint density at radius 1 is 1.14 bits per heavy atom. The Morgan fingerprint density at radius 3 is 2.52 bits per heavy atom. The van der Waals surface area contributed by atoms with Gasteiger partial charge in [-0.2, -0.15) is 5.10 Å². The number of methoxy groups -OCH3 is 1. The summed E-state index contributed by atoms with van der Waals surface area (Å²) in [5, 5.41) is 8.07. The third-order valence-corrected chi connectivity index (χ3v) is 3.53. The molecule has 0 radical (unpaired) electrons. The summed E-state index contributed by atoms with van der Waals surface area (Å²) in [5.74, 6) is 0.884. The molecule has 114 valence electrons. The number of ether oxygens (including phenoxy) is 1. The second-order valence-corrected chi connectivity index (χ2v) is 5.14. The van der Waals surface area contributed by atoms with Gasteiger partial charge in [-0.25, -0.2) is 0 Å². The van der Waals surface area contributed by atoms with Crippen LogP contribution in [0.1, 0.15) is 44.0 Å². The number of hydrogen-bond acceptors (Lipinski definition) is 3. The van der Waals surface area contributed by atoms with Crippen LogP contribution >= 0.6 is 0 Å². The van der Waals surface area contributed by atoms with E-state index in [4.69, 9.17) is 4.74 Å². The molecule has 1 N–H and O–H groups in total. The molecule has 1 heterocycles. The van der Waals surface area contributed by atoms with E-state index in [1.54, 1.807) is 7.11 Å². The first-order valence-corrected chi connectivity index (χ1v) is 7.69. The van der Waals surface area contributed by atoms with E-state index in [9.17, 15) is 0 Å². The van der Waals surface area contributed by atoms with Gasteiger partial charge in [0.05, 0.1) is 18.8 Å². The lowest BCUT2D eigenvalue weighted by Crippen LogP contribution is -2.26. The van der Waals surface area contributed by atoms with Crippen molar-refractivity contribution < 1.29 is 4.74 Å². The predicted octanol–water partition coefficient (Wildman–Crippen LogP) is 3.39.